The molecule has 6 nitrogen and oxygen atoms in total. The maximum Gasteiger partial charge on any atom is 0.241 e. The molecule has 2 aromatic carbocycles. The first-order chi connectivity index (χ1) is 11.8. The first-order valence-corrected chi connectivity index (χ1v) is 8.98. The zero-order valence-electron chi connectivity index (χ0n) is 13.8. The minimum Gasteiger partial charge on any atom is -0.497 e. The van der Waals surface area contributed by atoms with Crippen molar-refractivity contribution in [2.24, 2.45) is 0 Å². The second-order valence-electron chi connectivity index (χ2n) is 5.36. The Kier molecular flexibility index (Phi) is 6.11. The van der Waals surface area contributed by atoms with Crippen LogP contribution in [0.25, 0.3) is 0 Å². The van der Waals surface area contributed by atoms with Crippen LogP contribution in [-0.2, 0) is 21.4 Å². The molecule has 0 radical (unpaired) electrons. The Hall–Kier alpha value is -2.45. The summed E-state index contributed by atoms with van der Waals surface area (Å²) in [7, 11) is -2.35. The van der Waals surface area contributed by atoms with Crippen molar-refractivity contribution >= 4 is 15.9 Å². The third-order valence-electron chi connectivity index (χ3n) is 3.47. The lowest BCUT2D eigenvalue weighted by Gasteiger charge is -2.14. The van der Waals surface area contributed by atoms with Crippen molar-refractivity contribution in [1.29, 1.82) is 0 Å². The Labute approximate surface area is 146 Å². The molecule has 0 heterocycles. The average molecular weight is 366 g/mol. The molecule has 0 aliphatic rings. The smallest absolute Gasteiger partial charge is 0.241 e. The van der Waals surface area contributed by atoms with Gasteiger partial charge in [0.05, 0.1) is 18.0 Å². The van der Waals surface area contributed by atoms with E-state index in [9.17, 15) is 17.6 Å². The SMILES string of the molecule is COc1ccc(S(=O)(=O)N[C@@H](C)C(=O)NCc2ccc(F)cc2)cc1. The van der Waals surface area contributed by atoms with Crippen molar-refractivity contribution in [3.63, 3.8) is 0 Å². The molecule has 0 aliphatic heterocycles. The second-order valence-corrected chi connectivity index (χ2v) is 7.08. The van der Waals surface area contributed by atoms with Gasteiger partial charge < -0.3 is 10.1 Å². The Morgan fingerprint density at radius 2 is 1.72 bits per heavy atom. The standard InChI is InChI=1S/C17H19FN2O4S/c1-12(17(21)19-11-13-3-5-14(18)6-4-13)20-25(22,23)16-9-7-15(24-2)8-10-16/h3-10,12,20H,11H2,1-2H3,(H,19,21)/t12-/m0/s1. The van der Waals surface area contributed by atoms with Crippen molar-refractivity contribution in [3.8, 4) is 5.75 Å². The number of ether oxygens (including phenoxy) is 1. The zero-order valence-corrected chi connectivity index (χ0v) is 14.6. The van der Waals surface area contributed by atoms with E-state index in [4.69, 9.17) is 4.74 Å². The number of hydrogen-bond donors (Lipinski definition) is 2. The number of benzene rings is 2. The van der Waals surface area contributed by atoms with Crippen LogP contribution in [0.2, 0.25) is 0 Å². The number of amides is 1. The van der Waals surface area contributed by atoms with Gasteiger partial charge in [-0.05, 0) is 48.9 Å². The van der Waals surface area contributed by atoms with Gasteiger partial charge in [0.1, 0.15) is 11.6 Å². The molecule has 0 spiro atoms. The van der Waals surface area contributed by atoms with E-state index in [1.807, 2.05) is 0 Å². The molecule has 0 aliphatic carbocycles. The van der Waals surface area contributed by atoms with Gasteiger partial charge in [0, 0.05) is 6.54 Å². The lowest BCUT2D eigenvalue weighted by molar-refractivity contribution is -0.122. The molecule has 0 aromatic heterocycles. The Balaban J connectivity index is 1.95. The highest BCUT2D eigenvalue weighted by Crippen LogP contribution is 2.15. The van der Waals surface area contributed by atoms with E-state index in [0.29, 0.717) is 11.3 Å². The van der Waals surface area contributed by atoms with Gasteiger partial charge in [0.2, 0.25) is 15.9 Å². The first kappa shape index (κ1) is 18.9. The number of sulfonamides is 1. The topological polar surface area (TPSA) is 84.5 Å². The summed E-state index contributed by atoms with van der Waals surface area (Å²) in [4.78, 5) is 12.1. The molecule has 134 valence electrons. The highest BCUT2D eigenvalue weighted by atomic mass is 32.2. The Bertz CT molecular complexity index is 821. The predicted octanol–water partition coefficient (Wildman–Crippen LogP) is 1.82. The second kappa shape index (κ2) is 8.09. The summed E-state index contributed by atoms with van der Waals surface area (Å²) in [6, 6.07) is 10.5. The van der Waals surface area contributed by atoms with E-state index < -0.39 is 22.0 Å². The molecule has 1 atom stereocenters. The fourth-order valence-electron chi connectivity index (χ4n) is 2.05. The van der Waals surface area contributed by atoms with E-state index >= 15 is 0 Å². The minimum absolute atomic E-state index is 0.0338. The zero-order chi connectivity index (χ0) is 18.4. The third kappa shape index (κ3) is 5.27. The van der Waals surface area contributed by atoms with Crippen molar-refractivity contribution in [3.05, 3.63) is 59.9 Å². The predicted molar refractivity (Wildman–Crippen MR) is 91.0 cm³/mol. The molecule has 1 amide bonds. The van der Waals surface area contributed by atoms with Gasteiger partial charge in [-0.3, -0.25) is 4.79 Å². The monoisotopic (exact) mass is 366 g/mol. The van der Waals surface area contributed by atoms with E-state index in [1.54, 1.807) is 12.1 Å². The molecule has 0 bridgehead atoms. The van der Waals surface area contributed by atoms with Crippen LogP contribution in [0.4, 0.5) is 4.39 Å². The minimum atomic E-state index is -3.83. The van der Waals surface area contributed by atoms with E-state index in [0.717, 1.165) is 0 Å². The number of hydrogen-bond acceptors (Lipinski definition) is 4. The van der Waals surface area contributed by atoms with Crippen molar-refractivity contribution in [2.75, 3.05) is 7.11 Å². The molecule has 0 saturated heterocycles. The highest BCUT2D eigenvalue weighted by molar-refractivity contribution is 7.89. The molecular weight excluding hydrogens is 347 g/mol. The summed E-state index contributed by atoms with van der Waals surface area (Å²) in [5.74, 6) is -0.318. The molecule has 2 N–H and O–H groups in total. The largest absolute Gasteiger partial charge is 0.497 e. The summed E-state index contributed by atoms with van der Waals surface area (Å²) in [6.45, 7) is 1.62. The molecule has 8 heteroatoms. The normalized spacial score (nSPS) is 12.4. The van der Waals surface area contributed by atoms with Gasteiger partial charge in [-0.2, -0.15) is 4.72 Å². The summed E-state index contributed by atoms with van der Waals surface area (Å²) in [5.41, 5.74) is 0.708. The summed E-state index contributed by atoms with van der Waals surface area (Å²) in [6.07, 6.45) is 0. The molecule has 2 aromatic rings. The van der Waals surface area contributed by atoms with E-state index in [2.05, 4.69) is 10.0 Å². The van der Waals surface area contributed by atoms with Crippen molar-refractivity contribution in [1.82, 2.24) is 10.0 Å². The maximum atomic E-state index is 12.8. The summed E-state index contributed by atoms with van der Waals surface area (Å²) in [5, 5.41) is 2.60. The van der Waals surface area contributed by atoms with Gasteiger partial charge in [-0.25, -0.2) is 12.8 Å². The maximum absolute atomic E-state index is 12.8. The number of carbonyl (C=O) groups is 1. The Morgan fingerprint density at radius 1 is 1.12 bits per heavy atom. The fourth-order valence-corrected chi connectivity index (χ4v) is 3.26. The molecule has 0 unspecified atom stereocenters. The first-order valence-electron chi connectivity index (χ1n) is 7.50. The number of nitrogens with one attached hydrogen (secondary N) is 2. The fraction of sp³-hybridized carbons (Fsp3) is 0.235. The molecule has 0 fully saturated rings. The van der Waals surface area contributed by atoms with E-state index in [1.165, 1.54) is 50.4 Å². The number of methoxy groups -OCH3 is 1. The Morgan fingerprint density at radius 3 is 2.28 bits per heavy atom. The number of rotatable bonds is 7. The average Bonchev–Trinajstić information content (AvgIpc) is 2.60. The quantitative estimate of drug-likeness (QED) is 0.783. The van der Waals surface area contributed by atoms with Gasteiger partial charge in [-0.1, -0.05) is 12.1 Å². The van der Waals surface area contributed by atoms with Crippen molar-refractivity contribution in [2.45, 2.75) is 24.4 Å². The van der Waals surface area contributed by atoms with Gasteiger partial charge in [0.15, 0.2) is 0 Å². The lowest BCUT2D eigenvalue weighted by atomic mass is 10.2. The van der Waals surface area contributed by atoms with Crippen LogP contribution in [0.5, 0.6) is 5.75 Å². The number of carbonyl (C=O) groups excluding carboxylic acids is 1. The molecule has 0 saturated carbocycles. The van der Waals surface area contributed by atoms with Crippen LogP contribution in [0.15, 0.2) is 53.4 Å². The van der Waals surface area contributed by atoms with E-state index in [-0.39, 0.29) is 17.3 Å². The number of halogens is 1. The van der Waals surface area contributed by atoms with Crippen LogP contribution >= 0.6 is 0 Å². The van der Waals surface area contributed by atoms with Crippen molar-refractivity contribution < 1.29 is 22.3 Å². The van der Waals surface area contributed by atoms with Crippen LogP contribution < -0.4 is 14.8 Å². The summed E-state index contributed by atoms with van der Waals surface area (Å²) < 4.78 is 44.7. The van der Waals surface area contributed by atoms with Crippen LogP contribution in [0.3, 0.4) is 0 Å². The summed E-state index contributed by atoms with van der Waals surface area (Å²) >= 11 is 0. The van der Waals surface area contributed by atoms with Gasteiger partial charge >= 0.3 is 0 Å². The lowest BCUT2D eigenvalue weighted by Crippen LogP contribution is -2.44. The molecular formula is C17H19FN2O4S. The molecule has 2 rings (SSSR count). The van der Waals surface area contributed by atoms with Crippen LogP contribution in [-0.4, -0.2) is 27.5 Å². The third-order valence-corrected chi connectivity index (χ3v) is 5.03. The van der Waals surface area contributed by atoms with Gasteiger partial charge in [-0.15, -0.1) is 0 Å². The highest BCUT2D eigenvalue weighted by Gasteiger charge is 2.21. The van der Waals surface area contributed by atoms with Crippen LogP contribution in [0, 0.1) is 5.82 Å². The molecule has 25 heavy (non-hydrogen) atoms. The van der Waals surface area contributed by atoms with Crippen LogP contribution in [0.1, 0.15) is 12.5 Å². The van der Waals surface area contributed by atoms with Gasteiger partial charge in [0.25, 0.3) is 0 Å².